The molecule has 0 radical (unpaired) electrons. The molecule has 0 unspecified atom stereocenters. The fraction of sp³-hybridized carbons (Fsp3) is 0.136. The molecule has 1 amide bonds. The molecule has 1 aromatic heterocycles. The number of nitriles is 1. The van der Waals surface area contributed by atoms with Gasteiger partial charge in [-0.3, -0.25) is 4.79 Å². The van der Waals surface area contributed by atoms with Gasteiger partial charge in [-0.25, -0.2) is 9.37 Å². The van der Waals surface area contributed by atoms with Crippen molar-refractivity contribution in [1.82, 2.24) is 4.98 Å². The lowest BCUT2D eigenvalue weighted by molar-refractivity contribution is -0.116. The van der Waals surface area contributed by atoms with E-state index in [4.69, 9.17) is 10.00 Å². The molecule has 0 aliphatic heterocycles. The zero-order valence-electron chi connectivity index (χ0n) is 15.3. The van der Waals surface area contributed by atoms with Crippen molar-refractivity contribution in [2.24, 2.45) is 0 Å². The Morgan fingerprint density at radius 1 is 1.21 bits per heavy atom. The maximum absolute atomic E-state index is 13.2. The Balaban J connectivity index is 1.62. The number of benzene rings is 2. The number of hydrogen-bond donors (Lipinski definition) is 1. The van der Waals surface area contributed by atoms with Gasteiger partial charge < -0.3 is 10.1 Å². The molecule has 2 aromatic carbocycles. The summed E-state index contributed by atoms with van der Waals surface area (Å²) in [6, 6.07) is 16.7. The van der Waals surface area contributed by atoms with Gasteiger partial charge in [0, 0.05) is 18.3 Å². The molecule has 5 nitrogen and oxygen atoms in total. The van der Waals surface area contributed by atoms with Gasteiger partial charge in [-0.05, 0) is 66.9 Å². The highest BCUT2D eigenvalue weighted by molar-refractivity contribution is 5.91. The van der Waals surface area contributed by atoms with Crippen LogP contribution in [0.4, 0.5) is 10.1 Å². The van der Waals surface area contributed by atoms with Crippen molar-refractivity contribution >= 4 is 11.6 Å². The summed E-state index contributed by atoms with van der Waals surface area (Å²) < 4.78 is 18.9. The number of nitrogens with zero attached hydrogens (tertiary/aromatic N) is 2. The lowest BCUT2D eigenvalue weighted by Crippen LogP contribution is -2.13. The molecule has 140 valence electrons. The van der Waals surface area contributed by atoms with Gasteiger partial charge in [-0.15, -0.1) is 0 Å². The second kappa shape index (κ2) is 8.78. The number of carbonyl (C=O) groups excluding carboxylic acids is 1. The van der Waals surface area contributed by atoms with Crippen LogP contribution in [0.5, 0.6) is 11.6 Å². The Hall–Kier alpha value is -3.72. The average Bonchev–Trinajstić information content (AvgIpc) is 2.69. The first-order valence-electron chi connectivity index (χ1n) is 8.73. The topological polar surface area (TPSA) is 75.0 Å². The van der Waals surface area contributed by atoms with E-state index in [0.29, 0.717) is 23.4 Å². The van der Waals surface area contributed by atoms with Crippen LogP contribution in [0.2, 0.25) is 0 Å². The van der Waals surface area contributed by atoms with Crippen LogP contribution in [0.25, 0.3) is 0 Å². The normalized spacial score (nSPS) is 10.2. The lowest BCUT2D eigenvalue weighted by Gasteiger charge is -2.11. The number of halogens is 1. The zero-order valence-corrected chi connectivity index (χ0v) is 15.3. The molecular weight excluding hydrogens is 357 g/mol. The van der Waals surface area contributed by atoms with E-state index in [-0.39, 0.29) is 24.0 Å². The van der Waals surface area contributed by atoms with E-state index in [1.54, 1.807) is 48.7 Å². The number of nitrogens with one attached hydrogen (secondary N) is 1. The van der Waals surface area contributed by atoms with Gasteiger partial charge in [0.05, 0.1) is 0 Å². The highest BCUT2D eigenvalue weighted by Gasteiger charge is 2.09. The van der Waals surface area contributed by atoms with Gasteiger partial charge >= 0.3 is 0 Å². The molecule has 0 bridgehead atoms. The van der Waals surface area contributed by atoms with E-state index in [2.05, 4.69) is 10.3 Å². The summed E-state index contributed by atoms with van der Waals surface area (Å²) in [4.78, 5) is 16.3. The highest BCUT2D eigenvalue weighted by atomic mass is 19.1. The van der Waals surface area contributed by atoms with Crippen LogP contribution < -0.4 is 10.1 Å². The number of carbonyl (C=O) groups is 1. The smallest absolute Gasteiger partial charge is 0.237 e. The van der Waals surface area contributed by atoms with Gasteiger partial charge in [-0.2, -0.15) is 5.26 Å². The van der Waals surface area contributed by atoms with Crippen LogP contribution >= 0.6 is 0 Å². The standard InChI is InChI=1S/C22H18FN3O2/c1-15-12-19(28-22-17(14-24)5-3-11-25-22)8-9-20(15)26-21(27)10-7-16-4-2-6-18(23)13-16/h2-6,8-9,11-13H,7,10H2,1H3,(H,26,27). The number of aryl methyl sites for hydroxylation is 2. The Kier molecular flexibility index (Phi) is 5.97. The van der Waals surface area contributed by atoms with Crippen molar-refractivity contribution in [2.45, 2.75) is 19.8 Å². The molecule has 3 rings (SSSR count). The summed E-state index contributed by atoms with van der Waals surface area (Å²) in [5, 5.41) is 12.0. The molecule has 6 heteroatoms. The van der Waals surface area contributed by atoms with E-state index < -0.39 is 0 Å². The predicted octanol–water partition coefficient (Wildman–Crippen LogP) is 4.76. The third-order valence-corrected chi connectivity index (χ3v) is 4.11. The number of pyridine rings is 1. The second-order valence-electron chi connectivity index (χ2n) is 6.22. The van der Waals surface area contributed by atoms with E-state index in [0.717, 1.165) is 11.1 Å². The molecule has 0 aliphatic carbocycles. The van der Waals surface area contributed by atoms with Gasteiger partial charge in [0.25, 0.3) is 0 Å². The summed E-state index contributed by atoms with van der Waals surface area (Å²) >= 11 is 0. The first kappa shape index (κ1) is 19.1. The maximum Gasteiger partial charge on any atom is 0.237 e. The van der Waals surface area contributed by atoms with Crippen LogP contribution in [-0.2, 0) is 11.2 Å². The Labute approximate surface area is 162 Å². The third kappa shape index (κ3) is 4.92. The number of hydrogen-bond acceptors (Lipinski definition) is 4. The minimum absolute atomic E-state index is 0.155. The SMILES string of the molecule is Cc1cc(Oc2ncccc2C#N)ccc1NC(=O)CCc1cccc(F)c1. The number of rotatable bonds is 6. The number of aromatic nitrogens is 1. The van der Waals surface area contributed by atoms with Crippen molar-refractivity contribution in [3.8, 4) is 17.7 Å². The van der Waals surface area contributed by atoms with Crippen LogP contribution in [0, 0.1) is 24.1 Å². The maximum atomic E-state index is 13.2. The lowest BCUT2D eigenvalue weighted by atomic mass is 10.1. The van der Waals surface area contributed by atoms with Gasteiger partial charge in [0.1, 0.15) is 23.2 Å². The van der Waals surface area contributed by atoms with E-state index in [1.165, 1.54) is 12.1 Å². The second-order valence-corrected chi connectivity index (χ2v) is 6.22. The summed E-state index contributed by atoms with van der Waals surface area (Å²) in [6.07, 6.45) is 2.26. The van der Waals surface area contributed by atoms with Crippen LogP contribution in [0.3, 0.4) is 0 Å². The number of amides is 1. The summed E-state index contributed by atoms with van der Waals surface area (Å²) in [7, 11) is 0. The largest absolute Gasteiger partial charge is 0.438 e. The van der Waals surface area contributed by atoms with Gasteiger partial charge in [0.15, 0.2) is 0 Å². The zero-order chi connectivity index (χ0) is 19.9. The molecule has 28 heavy (non-hydrogen) atoms. The molecule has 0 fully saturated rings. The van der Waals surface area contributed by atoms with Crippen molar-refractivity contribution < 1.29 is 13.9 Å². The van der Waals surface area contributed by atoms with Gasteiger partial charge in [-0.1, -0.05) is 12.1 Å². The average molecular weight is 375 g/mol. The van der Waals surface area contributed by atoms with Crippen molar-refractivity contribution in [3.05, 3.63) is 83.3 Å². The molecule has 0 spiro atoms. The fourth-order valence-electron chi connectivity index (χ4n) is 2.67. The molecule has 0 atom stereocenters. The molecule has 1 heterocycles. The highest BCUT2D eigenvalue weighted by Crippen LogP contribution is 2.26. The molecule has 0 aliphatic rings. The summed E-state index contributed by atoms with van der Waals surface area (Å²) in [5.41, 5.74) is 2.60. The van der Waals surface area contributed by atoms with E-state index >= 15 is 0 Å². The predicted molar refractivity (Wildman–Crippen MR) is 104 cm³/mol. The van der Waals surface area contributed by atoms with E-state index in [1.807, 2.05) is 13.0 Å². The first-order valence-corrected chi connectivity index (χ1v) is 8.73. The molecule has 0 saturated heterocycles. The van der Waals surface area contributed by atoms with E-state index in [9.17, 15) is 9.18 Å². The van der Waals surface area contributed by atoms with Crippen molar-refractivity contribution in [1.29, 1.82) is 5.26 Å². The summed E-state index contributed by atoms with van der Waals surface area (Å²) in [5.74, 6) is 0.288. The number of ether oxygens (including phenoxy) is 1. The quantitative estimate of drug-likeness (QED) is 0.674. The minimum Gasteiger partial charge on any atom is -0.438 e. The number of anilines is 1. The van der Waals surface area contributed by atoms with Crippen molar-refractivity contribution in [3.63, 3.8) is 0 Å². The Morgan fingerprint density at radius 2 is 2.07 bits per heavy atom. The van der Waals surface area contributed by atoms with Crippen LogP contribution in [0.1, 0.15) is 23.1 Å². The van der Waals surface area contributed by atoms with Crippen LogP contribution in [-0.4, -0.2) is 10.9 Å². The van der Waals surface area contributed by atoms with Gasteiger partial charge in [0.2, 0.25) is 11.8 Å². The molecule has 1 N–H and O–H groups in total. The fourth-order valence-corrected chi connectivity index (χ4v) is 2.67. The Bertz CT molecular complexity index is 1040. The Morgan fingerprint density at radius 3 is 2.82 bits per heavy atom. The molecular formula is C22H18FN3O2. The third-order valence-electron chi connectivity index (χ3n) is 4.11. The first-order chi connectivity index (χ1) is 13.5. The van der Waals surface area contributed by atoms with Crippen molar-refractivity contribution in [2.75, 3.05) is 5.32 Å². The van der Waals surface area contributed by atoms with Crippen LogP contribution in [0.15, 0.2) is 60.8 Å². The molecule has 0 saturated carbocycles. The monoisotopic (exact) mass is 375 g/mol. The summed E-state index contributed by atoms with van der Waals surface area (Å²) in [6.45, 7) is 1.85. The molecule has 3 aromatic rings. The minimum atomic E-state index is -0.309.